The van der Waals surface area contributed by atoms with Gasteiger partial charge in [-0.15, -0.1) is 0 Å². The fourth-order valence-corrected chi connectivity index (χ4v) is 3.79. The zero-order valence-electron chi connectivity index (χ0n) is 21.3. The average molecular weight is 445 g/mol. The standard InChI is InChI=1S/C28H44O4/c1-8-11-12-16-23-19-25(29)24(18-17-22(6)15-13-14-21(4)5)26(20-23)32-28(9-2,10-3)27(30)31-7/h14,17,19-20,29H,8-13,15-16,18H2,1-7H3. The largest absolute Gasteiger partial charge is 0.508 e. The molecule has 0 aliphatic heterocycles. The minimum absolute atomic E-state index is 0.230. The molecule has 0 heterocycles. The lowest BCUT2D eigenvalue weighted by atomic mass is 9.95. The molecule has 0 fully saturated rings. The quantitative estimate of drug-likeness (QED) is 0.184. The second-order valence-corrected chi connectivity index (χ2v) is 8.92. The first-order chi connectivity index (χ1) is 15.2. The van der Waals surface area contributed by atoms with Gasteiger partial charge in [0, 0.05) is 5.56 Å². The van der Waals surface area contributed by atoms with Crippen molar-refractivity contribution in [3.63, 3.8) is 0 Å². The van der Waals surface area contributed by atoms with Crippen molar-refractivity contribution in [3.8, 4) is 11.5 Å². The fraction of sp³-hybridized carbons (Fsp3) is 0.607. The Morgan fingerprint density at radius 1 is 1.06 bits per heavy atom. The summed E-state index contributed by atoms with van der Waals surface area (Å²) >= 11 is 0. The van der Waals surface area contributed by atoms with Crippen LogP contribution in [-0.2, 0) is 22.4 Å². The number of methoxy groups -OCH3 is 1. The molecule has 1 N–H and O–H groups in total. The molecule has 1 aromatic carbocycles. The van der Waals surface area contributed by atoms with Gasteiger partial charge in [-0.1, -0.05) is 56.9 Å². The highest BCUT2D eigenvalue weighted by atomic mass is 16.6. The van der Waals surface area contributed by atoms with Crippen LogP contribution in [0.25, 0.3) is 0 Å². The number of carbonyl (C=O) groups is 1. The summed E-state index contributed by atoms with van der Waals surface area (Å²) in [6, 6.07) is 3.85. The first-order valence-corrected chi connectivity index (χ1v) is 12.1. The molecule has 0 unspecified atom stereocenters. The molecule has 0 amide bonds. The van der Waals surface area contributed by atoms with Crippen molar-refractivity contribution < 1.29 is 19.4 Å². The minimum atomic E-state index is -1.06. The Bertz CT molecular complexity index is 781. The van der Waals surface area contributed by atoms with Gasteiger partial charge in [0.1, 0.15) is 11.5 Å². The van der Waals surface area contributed by atoms with E-state index in [1.54, 1.807) is 0 Å². The van der Waals surface area contributed by atoms with E-state index in [1.807, 2.05) is 26.0 Å². The Hall–Kier alpha value is -2.23. The molecule has 0 aliphatic carbocycles. The van der Waals surface area contributed by atoms with E-state index in [-0.39, 0.29) is 11.7 Å². The predicted molar refractivity (Wildman–Crippen MR) is 133 cm³/mol. The van der Waals surface area contributed by atoms with Gasteiger partial charge in [-0.25, -0.2) is 4.79 Å². The summed E-state index contributed by atoms with van der Waals surface area (Å²) in [5.41, 5.74) is 3.29. The number of rotatable bonds is 14. The molecule has 0 bridgehead atoms. The van der Waals surface area contributed by atoms with Crippen LogP contribution in [0.4, 0.5) is 0 Å². The molecule has 1 aromatic rings. The zero-order chi connectivity index (χ0) is 24.1. The molecule has 0 atom stereocenters. The first-order valence-electron chi connectivity index (χ1n) is 12.1. The first kappa shape index (κ1) is 27.8. The van der Waals surface area contributed by atoms with Gasteiger partial charge in [-0.3, -0.25) is 0 Å². The second kappa shape index (κ2) is 14.0. The van der Waals surface area contributed by atoms with Gasteiger partial charge in [0.05, 0.1) is 7.11 Å². The van der Waals surface area contributed by atoms with Crippen LogP contribution < -0.4 is 4.74 Å². The smallest absolute Gasteiger partial charge is 0.350 e. The molecule has 4 nitrogen and oxygen atoms in total. The maximum atomic E-state index is 12.6. The van der Waals surface area contributed by atoms with E-state index < -0.39 is 5.60 Å². The zero-order valence-corrected chi connectivity index (χ0v) is 21.3. The van der Waals surface area contributed by atoms with Gasteiger partial charge in [0.25, 0.3) is 0 Å². The third kappa shape index (κ3) is 8.37. The van der Waals surface area contributed by atoms with Crippen LogP contribution in [0.15, 0.2) is 35.4 Å². The molecule has 4 heteroatoms. The number of carbonyl (C=O) groups excluding carboxylic acids is 1. The van der Waals surface area contributed by atoms with E-state index in [0.717, 1.165) is 49.7 Å². The number of hydrogen-bond acceptors (Lipinski definition) is 4. The molecule has 0 aliphatic rings. The van der Waals surface area contributed by atoms with E-state index in [2.05, 4.69) is 39.8 Å². The topological polar surface area (TPSA) is 55.8 Å². The lowest BCUT2D eigenvalue weighted by Crippen LogP contribution is -2.44. The van der Waals surface area contributed by atoms with E-state index in [4.69, 9.17) is 9.47 Å². The monoisotopic (exact) mass is 444 g/mol. The van der Waals surface area contributed by atoms with Crippen molar-refractivity contribution >= 4 is 5.97 Å². The Balaban J connectivity index is 3.29. The summed E-state index contributed by atoms with van der Waals surface area (Å²) in [7, 11) is 1.39. The van der Waals surface area contributed by atoms with Gasteiger partial charge in [-0.05, 0) is 83.4 Å². The van der Waals surface area contributed by atoms with Gasteiger partial charge < -0.3 is 14.6 Å². The van der Waals surface area contributed by atoms with E-state index in [9.17, 15) is 9.90 Å². The highest BCUT2D eigenvalue weighted by Gasteiger charge is 2.39. The average Bonchev–Trinajstić information content (AvgIpc) is 2.76. The van der Waals surface area contributed by atoms with Gasteiger partial charge in [-0.2, -0.15) is 0 Å². The van der Waals surface area contributed by atoms with Crippen LogP contribution in [0, 0.1) is 0 Å². The van der Waals surface area contributed by atoms with Gasteiger partial charge in [0.2, 0.25) is 5.60 Å². The summed E-state index contributed by atoms with van der Waals surface area (Å²) < 4.78 is 11.5. The van der Waals surface area contributed by atoms with Crippen molar-refractivity contribution in [2.75, 3.05) is 7.11 Å². The SMILES string of the molecule is CCCCCc1cc(O)c(CC=C(C)CCC=C(C)C)c(OC(CC)(CC)C(=O)OC)c1. The Labute approximate surface area is 195 Å². The van der Waals surface area contributed by atoms with Crippen LogP contribution in [0.3, 0.4) is 0 Å². The third-order valence-corrected chi connectivity index (χ3v) is 6.07. The molecular weight excluding hydrogens is 400 g/mol. The molecule has 0 saturated carbocycles. The fourth-order valence-electron chi connectivity index (χ4n) is 3.79. The molecule has 0 spiro atoms. The molecule has 0 aromatic heterocycles. The number of ether oxygens (including phenoxy) is 2. The van der Waals surface area contributed by atoms with Crippen molar-refractivity contribution in [1.29, 1.82) is 0 Å². The molecule has 32 heavy (non-hydrogen) atoms. The summed E-state index contributed by atoms with van der Waals surface area (Å²) in [4.78, 5) is 12.6. The van der Waals surface area contributed by atoms with Gasteiger partial charge in [0.15, 0.2) is 0 Å². The number of benzene rings is 1. The Kier molecular flexibility index (Phi) is 12.2. The lowest BCUT2D eigenvalue weighted by molar-refractivity contribution is -0.160. The van der Waals surface area contributed by atoms with Crippen LogP contribution in [0.2, 0.25) is 0 Å². The summed E-state index contributed by atoms with van der Waals surface area (Å²) in [5.74, 6) is 0.435. The van der Waals surface area contributed by atoms with Crippen molar-refractivity contribution in [1.82, 2.24) is 0 Å². The number of phenolic OH excluding ortho intramolecular Hbond substituents is 1. The lowest BCUT2D eigenvalue weighted by Gasteiger charge is -2.31. The number of esters is 1. The number of aromatic hydroxyl groups is 1. The van der Waals surface area contributed by atoms with E-state index in [1.165, 1.54) is 18.3 Å². The maximum Gasteiger partial charge on any atom is 0.350 e. The van der Waals surface area contributed by atoms with Gasteiger partial charge >= 0.3 is 5.97 Å². The van der Waals surface area contributed by atoms with Crippen molar-refractivity contribution in [3.05, 3.63) is 46.6 Å². The molecule has 180 valence electrons. The summed E-state index contributed by atoms with van der Waals surface area (Å²) in [6.45, 7) is 12.4. The highest BCUT2D eigenvalue weighted by molar-refractivity contribution is 5.80. The number of hydrogen-bond donors (Lipinski definition) is 1. The number of unbranched alkanes of at least 4 members (excludes halogenated alkanes) is 2. The normalized spacial score (nSPS) is 11.9. The predicted octanol–water partition coefficient (Wildman–Crippen LogP) is 7.47. The maximum absolute atomic E-state index is 12.6. The number of allylic oxidation sites excluding steroid dienone is 4. The Morgan fingerprint density at radius 3 is 2.31 bits per heavy atom. The molecule has 0 saturated heterocycles. The molecule has 0 radical (unpaired) electrons. The van der Waals surface area contributed by atoms with E-state index in [0.29, 0.717) is 25.0 Å². The summed E-state index contributed by atoms with van der Waals surface area (Å²) in [6.07, 6.45) is 12.1. The minimum Gasteiger partial charge on any atom is -0.508 e. The second-order valence-electron chi connectivity index (χ2n) is 8.92. The molecule has 1 rings (SSSR count). The van der Waals surface area contributed by atoms with Crippen LogP contribution in [0.5, 0.6) is 11.5 Å². The number of aryl methyl sites for hydroxylation is 1. The molecular formula is C28H44O4. The van der Waals surface area contributed by atoms with Crippen molar-refractivity contribution in [2.45, 2.75) is 105 Å². The highest BCUT2D eigenvalue weighted by Crippen LogP contribution is 2.36. The van der Waals surface area contributed by atoms with E-state index >= 15 is 0 Å². The summed E-state index contributed by atoms with van der Waals surface area (Å²) in [5, 5.41) is 10.9. The van der Waals surface area contributed by atoms with Crippen LogP contribution >= 0.6 is 0 Å². The Morgan fingerprint density at radius 2 is 1.75 bits per heavy atom. The third-order valence-electron chi connectivity index (χ3n) is 6.07. The van der Waals surface area contributed by atoms with Crippen LogP contribution in [0.1, 0.15) is 97.6 Å². The number of phenols is 1. The van der Waals surface area contributed by atoms with Crippen molar-refractivity contribution in [2.24, 2.45) is 0 Å². The van der Waals surface area contributed by atoms with Crippen LogP contribution in [-0.4, -0.2) is 23.8 Å².